The Morgan fingerprint density at radius 1 is 1.17 bits per heavy atom. The molecule has 2 aromatic rings. The molecule has 5 heteroatoms. The van der Waals surface area contributed by atoms with Crippen LogP contribution in [0.4, 0.5) is 5.82 Å². The van der Waals surface area contributed by atoms with Crippen LogP contribution in [0.1, 0.15) is 11.3 Å². The molecule has 0 aliphatic carbocycles. The van der Waals surface area contributed by atoms with E-state index >= 15 is 0 Å². The summed E-state index contributed by atoms with van der Waals surface area (Å²) in [6, 6.07) is 8.93. The SMILES string of the molecule is Cc1ccc(OCc2c(Cl)cccc2Cl)c(N)n1. The Bertz CT molecular complexity index is 553. The molecule has 0 spiro atoms. The number of anilines is 1. The number of pyridine rings is 1. The van der Waals surface area contributed by atoms with Crippen LogP contribution in [-0.2, 0) is 6.61 Å². The van der Waals surface area contributed by atoms with Crippen LogP contribution >= 0.6 is 23.2 Å². The fraction of sp³-hybridized carbons (Fsp3) is 0.154. The summed E-state index contributed by atoms with van der Waals surface area (Å²) in [6.07, 6.45) is 0. The van der Waals surface area contributed by atoms with Gasteiger partial charge in [-0.3, -0.25) is 0 Å². The second-order valence-electron chi connectivity index (χ2n) is 3.82. The summed E-state index contributed by atoms with van der Waals surface area (Å²) in [4.78, 5) is 4.12. The zero-order valence-electron chi connectivity index (χ0n) is 9.78. The summed E-state index contributed by atoms with van der Waals surface area (Å²) in [5.74, 6) is 0.884. The zero-order valence-corrected chi connectivity index (χ0v) is 11.3. The van der Waals surface area contributed by atoms with E-state index in [0.29, 0.717) is 21.6 Å². The lowest BCUT2D eigenvalue weighted by Crippen LogP contribution is -2.02. The highest BCUT2D eigenvalue weighted by molar-refractivity contribution is 6.35. The lowest BCUT2D eigenvalue weighted by Gasteiger charge is -2.11. The molecule has 18 heavy (non-hydrogen) atoms. The predicted molar refractivity (Wildman–Crippen MR) is 74.2 cm³/mol. The van der Waals surface area contributed by atoms with Gasteiger partial charge in [0.1, 0.15) is 6.61 Å². The number of nitrogens with zero attached hydrogens (tertiary/aromatic N) is 1. The van der Waals surface area contributed by atoms with E-state index in [1.807, 2.05) is 13.0 Å². The highest BCUT2D eigenvalue weighted by Gasteiger charge is 2.08. The van der Waals surface area contributed by atoms with E-state index in [2.05, 4.69) is 4.98 Å². The van der Waals surface area contributed by atoms with Crippen LogP contribution in [0.15, 0.2) is 30.3 Å². The van der Waals surface area contributed by atoms with Crippen molar-refractivity contribution in [3.63, 3.8) is 0 Å². The molecule has 0 amide bonds. The number of aryl methyl sites for hydroxylation is 1. The minimum Gasteiger partial charge on any atom is -0.485 e. The Morgan fingerprint density at radius 2 is 1.83 bits per heavy atom. The molecule has 0 unspecified atom stereocenters. The predicted octanol–water partition coefficient (Wildman–Crippen LogP) is 3.86. The Morgan fingerprint density at radius 3 is 2.44 bits per heavy atom. The Balaban J connectivity index is 2.16. The Labute approximate surface area is 115 Å². The summed E-state index contributed by atoms with van der Waals surface area (Å²) < 4.78 is 5.58. The minimum atomic E-state index is 0.257. The maximum absolute atomic E-state index is 6.05. The summed E-state index contributed by atoms with van der Waals surface area (Å²) in [6.45, 7) is 2.12. The maximum Gasteiger partial charge on any atom is 0.166 e. The van der Waals surface area contributed by atoms with Crippen LogP contribution < -0.4 is 10.5 Å². The molecule has 1 heterocycles. The van der Waals surface area contributed by atoms with E-state index in [1.165, 1.54) is 0 Å². The van der Waals surface area contributed by atoms with Gasteiger partial charge in [0.05, 0.1) is 0 Å². The molecule has 0 radical (unpaired) electrons. The van der Waals surface area contributed by atoms with Gasteiger partial charge in [-0.15, -0.1) is 0 Å². The number of nitrogens with two attached hydrogens (primary N) is 1. The average Bonchev–Trinajstić information content (AvgIpc) is 2.31. The quantitative estimate of drug-likeness (QED) is 0.930. The average molecular weight is 283 g/mol. The van der Waals surface area contributed by atoms with Gasteiger partial charge in [-0.25, -0.2) is 4.98 Å². The van der Waals surface area contributed by atoms with E-state index in [1.54, 1.807) is 24.3 Å². The van der Waals surface area contributed by atoms with Gasteiger partial charge in [-0.1, -0.05) is 29.3 Å². The van der Waals surface area contributed by atoms with Crippen LogP contribution in [0.2, 0.25) is 10.0 Å². The molecule has 0 saturated heterocycles. The summed E-state index contributed by atoms with van der Waals surface area (Å²) >= 11 is 12.1. The van der Waals surface area contributed by atoms with Gasteiger partial charge >= 0.3 is 0 Å². The third-order valence-electron chi connectivity index (χ3n) is 2.46. The van der Waals surface area contributed by atoms with Crippen molar-refractivity contribution in [3.05, 3.63) is 51.6 Å². The molecular formula is C13H12Cl2N2O. The molecule has 1 aromatic carbocycles. The number of hydrogen-bond donors (Lipinski definition) is 1. The fourth-order valence-corrected chi connectivity index (χ4v) is 2.01. The van der Waals surface area contributed by atoms with Gasteiger partial charge in [-0.05, 0) is 31.2 Å². The molecule has 94 valence electrons. The van der Waals surface area contributed by atoms with Gasteiger partial charge in [0, 0.05) is 21.3 Å². The molecule has 0 bridgehead atoms. The van der Waals surface area contributed by atoms with Crippen molar-refractivity contribution in [2.75, 3.05) is 5.73 Å². The number of rotatable bonds is 3. The van der Waals surface area contributed by atoms with Crippen molar-refractivity contribution in [2.24, 2.45) is 0 Å². The van der Waals surface area contributed by atoms with E-state index in [0.717, 1.165) is 11.3 Å². The monoisotopic (exact) mass is 282 g/mol. The van der Waals surface area contributed by atoms with Crippen LogP contribution in [0.25, 0.3) is 0 Å². The van der Waals surface area contributed by atoms with Crippen molar-refractivity contribution in [1.29, 1.82) is 0 Å². The number of hydrogen-bond acceptors (Lipinski definition) is 3. The molecule has 0 aliphatic rings. The Hall–Kier alpha value is -1.45. The lowest BCUT2D eigenvalue weighted by atomic mass is 10.2. The molecule has 3 nitrogen and oxygen atoms in total. The van der Waals surface area contributed by atoms with Gasteiger partial charge in [0.2, 0.25) is 0 Å². The van der Waals surface area contributed by atoms with E-state index in [9.17, 15) is 0 Å². The third kappa shape index (κ3) is 2.86. The smallest absolute Gasteiger partial charge is 0.166 e. The van der Waals surface area contributed by atoms with Gasteiger partial charge < -0.3 is 10.5 Å². The maximum atomic E-state index is 6.05. The van der Waals surface area contributed by atoms with Crippen LogP contribution in [-0.4, -0.2) is 4.98 Å². The van der Waals surface area contributed by atoms with Gasteiger partial charge in [0.25, 0.3) is 0 Å². The van der Waals surface area contributed by atoms with Crippen molar-refractivity contribution in [2.45, 2.75) is 13.5 Å². The molecule has 1 aromatic heterocycles. The number of nitrogen functional groups attached to an aromatic ring is 1. The molecular weight excluding hydrogens is 271 g/mol. The van der Waals surface area contributed by atoms with Crippen LogP contribution in [0.3, 0.4) is 0 Å². The normalized spacial score (nSPS) is 10.4. The first-order valence-corrected chi connectivity index (χ1v) is 6.12. The number of benzene rings is 1. The number of ether oxygens (including phenoxy) is 1. The second kappa shape index (κ2) is 5.46. The van der Waals surface area contributed by atoms with Crippen molar-refractivity contribution < 1.29 is 4.74 Å². The van der Waals surface area contributed by atoms with Gasteiger partial charge in [-0.2, -0.15) is 0 Å². The molecule has 2 rings (SSSR count). The molecule has 0 fully saturated rings. The summed E-state index contributed by atoms with van der Waals surface area (Å²) in [5, 5.41) is 1.14. The van der Waals surface area contributed by atoms with E-state index in [-0.39, 0.29) is 6.61 Å². The molecule has 0 saturated carbocycles. The molecule has 0 aliphatic heterocycles. The van der Waals surface area contributed by atoms with Crippen molar-refractivity contribution in [1.82, 2.24) is 4.98 Å². The second-order valence-corrected chi connectivity index (χ2v) is 4.64. The summed E-state index contributed by atoms with van der Waals surface area (Å²) in [5.41, 5.74) is 7.34. The number of aromatic nitrogens is 1. The minimum absolute atomic E-state index is 0.257. The third-order valence-corrected chi connectivity index (χ3v) is 3.17. The van der Waals surface area contributed by atoms with Gasteiger partial charge in [0.15, 0.2) is 11.6 Å². The van der Waals surface area contributed by atoms with Crippen molar-refractivity contribution >= 4 is 29.0 Å². The largest absolute Gasteiger partial charge is 0.485 e. The molecule has 0 atom stereocenters. The highest BCUT2D eigenvalue weighted by atomic mass is 35.5. The van der Waals surface area contributed by atoms with Crippen LogP contribution in [0.5, 0.6) is 5.75 Å². The first-order chi connectivity index (χ1) is 8.58. The van der Waals surface area contributed by atoms with Crippen molar-refractivity contribution in [3.8, 4) is 5.75 Å². The Kier molecular flexibility index (Phi) is 3.94. The topological polar surface area (TPSA) is 48.1 Å². The first-order valence-electron chi connectivity index (χ1n) is 5.36. The zero-order chi connectivity index (χ0) is 13.1. The van der Waals surface area contributed by atoms with E-state index in [4.69, 9.17) is 33.7 Å². The summed E-state index contributed by atoms with van der Waals surface area (Å²) in [7, 11) is 0. The van der Waals surface area contributed by atoms with E-state index < -0.39 is 0 Å². The molecule has 2 N–H and O–H groups in total. The standard InChI is InChI=1S/C13H12Cl2N2O/c1-8-5-6-12(13(16)17-8)18-7-9-10(14)3-2-4-11(9)15/h2-6H,7H2,1H3,(H2,16,17). The van der Waals surface area contributed by atoms with Crippen LogP contribution in [0, 0.1) is 6.92 Å². The fourth-order valence-electron chi connectivity index (χ4n) is 1.51. The highest BCUT2D eigenvalue weighted by Crippen LogP contribution is 2.27. The first kappa shape index (κ1) is 13.0. The number of halogens is 2. The lowest BCUT2D eigenvalue weighted by molar-refractivity contribution is 0.307.